The molecule has 31 heavy (non-hydrogen) atoms. The molecule has 2 unspecified atom stereocenters. The summed E-state index contributed by atoms with van der Waals surface area (Å²) in [5, 5.41) is 11.2. The number of nitrogens with zero attached hydrogens (tertiary/aromatic N) is 3. The van der Waals surface area contributed by atoms with Crippen molar-refractivity contribution in [3.05, 3.63) is 59.5 Å². The Bertz CT molecular complexity index is 1150. The number of fused-ring (bicyclic) bond motifs is 2. The Morgan fingerprint density at radius 2 is 2.03 bits per heavy atom. The Morgan fingerprint density at radius 1 is 1.23 bits per heavy atom. The van der Waals surface area contributed by atoms with Crippen molar-refractivity contribution < 1.29 is 23.0 Å². The molecule has 0 saturated carbocycles. The van der Waals surface area contributed by atoms with E-state index in [1.165, 1.54) is 6.20 Å². The molecule has 1 aliphatic heterocycles. The highest BCUT2D eigenvalue weighted by Gasteiger charge is 2.54. The smallest absolute Gasteiger partial charge is 0.422 e. The minimum Gasteiger partial charge on any atom is -0.493 e. The van der Waals surface area contributed by atoms with Crippen molar-refractivity contribution >= 4 is 22.8 Å². The molecule has 1 aromatic heterocycles. The highest BCUT2D eigenvalue weighted by Crippen LogP contribution is 2.43. The fraction of sp³-hybridized carbons (Fsp3) is 0.348. The van der Waals surface area contributed by atoms with Crippen molar-refractivity contribution in [2.75, 3.05) is 6.61 Å². The topological polar surface area (TPSA) is 67.6 Å². The van der Waals surface area contributed by atoms with E-state index in [1.54, 1.807) is 37.3 Å². The molecule has 2 aromatic carbocycles. The van der Waals surface area contributed by atoms with Gasteiger partial charge < -0.3 is 9.84 Å². The summed E-state index contributed by atoms with van der Waals surface area (Å²) in [6.07, 6.45) is -2.93. The molecule has 8 heteroatoms. The second-order valence-electron chi connectivity index (χ2n) is 7.89. The maximum atomic E-state index is 14.0. The SMILES string of the molecule is Cc1ccc2c(c1)OCCC2CC(O)(/C=N/c1cccc2nc(C)ncc12)C(F)(F)F. The van der Waals surface area contributed by atoms with Crippen LogP contribution in [0.25, 0.3) is 10.9 Å². The molecular formula is C23H22F3N3O2. The van der Waals surface area contributed by atoms with Gasteiger partial charge in [-0.25, -0.2) is 9.97 Å². The molecule has 4 rings (SSSR count). The van der Waals surface area contributed by atoms with Gasteiger partial charge in [-0.1, -0.05) is 18.2 Å². The third-order valence-electron chi connectivity index (χ3n) is 5.52. The first-order chi connectivity index (χ1) is 14.7. The van der Waals surface area contributed by atoms with E-state index in [9.17, 15) is 18.3 Å². The number of benzene rings is 2. The molecule has 0 saturated heterocycles. The molecule has 0 spiro atoms. The van der Waals surface area contributed by atoms with Crippen LogP contribution in [0.4, 0.5) is 18.9 Å². The van der Waals surface area contributed by atoms with Gasteiger partial charge in [-0.2, -0.15) is 13.2 Å². The fourth-order valence-corrected chi connectivity index (χ4v) is 3.82. The number of halogens is 3. The normalized spacial score (nSPS) is 18.6. The molecular weight excluding hydrogens is 407 g/mol. The molecule has 3 aromatic rings. The van der Waals surface area contributed by atoms with Crippen molar-refractivity contribution in [1.29, 1.82) is 0 Å². The van der Waals surface area contributed by atoms with Crippen molar-refractivity contribution in [3.8, 4) is 5.75 Å². The van der Waals surface area contributed by atoms with Gasteiger partial charge in [0.2, 0.25) is 0 Å². The largest absolute Gasteiger partial charge is 0.493 e. The molecule has 2 atom stereocenters. The van der Waals surface area contributed by atoms with Gasteiger partial charge in [0.05, 0.1) is 17.8 Å². The lowest BCUT2D eigenvalue weighted by molar-refractivity contribution is -0.232. The average molecular weight is 429 g/mol. The highest BCUT2D eigenvalue weighted by molar-refractivity contribution is 5.91. The molecule has 1 N–H and O–H groups in total. The zero-order valence-electron chi connectivity index (χ0n) is 17.1. The van der Waals surface area contributed by atoms with E-state index in [0.29, 0.717) is 47.3 Å². The maximum absolute atomic E-state index is 14.0. The summed E-state index contributed by atoms with van der Waals surface area (Å²) in [4.78, 5) is 12.4. The lowest BCUT2D eigenvalue weighted by atomic mass is 9.82. The molecule has 162 valence electrons. The summed E-state index contributed by atoms with van der Waals surface area (Å²) in [7, 11) is 0. The number of rotatable bonds is 4. The van der Waals surface area contributed by atoms with E-state index in [4.69, 9.17) is 4.74 Å². The van der Waals surface area contributed by atoms with Crippen LogP contribution in [-0.2, 0) is 0 Å². The van der Waals surface area contributed by atoms with Gasteiger partial charge >= 0.3 is 6.18 Å². The number of aliphatic imine (C=N–C) groups is 1. The molecule has 5 nitrogen and oxygen atoms in total. The Labute approximate surface area is 177 Å². The van der Waals surface area contributed by atoms with Crippen LogP contribution in [0.2, 0.25) is 0 Å². The van der Waals surface area contributed by atoms with Crippen molar-refractivity contribution in [2.45, 2.75) is 44.4 Å². The maximum Gasteiger partial charge on any atom is 0.422 e. The number of ether oxygens (including phenoxy) is 1. The van der Waals surface area contributed by atoms with Crippen molar-refractivity contribution in [3.63, 3.8) is 0 Å². The van der Waals surface area contributed by atoms with Gasteiger partial charge in [-0.15, -0.1) is 0 Å². The van der Waals surface area contributed by atoms with Crippen LogP contribution in [0.5, 0.6) is 5.75 Å². The molecule has 1 aliphatic rings. The lowest BCUT2D eigenvalue weighted by Gasteiger charge is -2.33. The van der Waals surface area contributed by atoms with Crippen LogP contribution < -0.4 is 4.74 Å². The molecule has 0 fully saturated rings. The van der Waals surface area contributed by atoms with Gasteiger partial charge in [0.25, 0.3) is 0 Å². The van der Waals surface area contributed by atoms with E-state index in [0.717, 1.165) is 5.56 Å². The Hall–Kier alpha value is -3.00. The Morgan fingerprint density at radius 3 is 2.81 bits per heavy atom. The van der Waals surface area contributed by atoms with Gasteiger partial charge in [0, 0.05) is 17.8 Å². The summed E-state index contributed by atoms with van der Waals surface area (Å²) in [5.41, 5.74) is -0.623. The first kappa shape index (κ1) is 21.2. The Kier molecular flexibility index (Phi) is 5.43. The summed E-state index contributed by atoms with van der Waals surface area (Å²) < 4.78 is 47.5. The predicted octanol–water partition coefficient (Wildman–Crippen LogP) is 5.20. The van der Waals surface area contributed by atoms with Crippen LogP contribution >= 0.6 is 0 Å². The van der Waals surface area contributed by atoms with Gasteiger partial charge in [0.1, 0.15) is 11.6 Å². The first-order valence-electron chi connectivity index (χ1n) is 9.96. The predicted molar refractivity (Wildman–Crippen MR) is 112 cm³/mol. The zero-order valence-corrected chi connectivity index (χ0v) is 17.1. The van der Waals surface area contributed by atoms with Gasteiger partial charge in [-0.05, 0) is 61.9 Å². The van der Waals surface area contributed by atoms with Crippen LogP contribution in [0, 0.1) is 13.8 Å². The standard InChI is InChI=1S/C23H22F3N3O2/c1-14-6-7-17-16(8-9-31-21(17)10-14)11-22(30,23(24,25)26)13-28-19-4-3-5-20-18(19)12-27-15(2)29-20/h3-7,10,12-13,16,30H,8-9,11H2,1-2H3/b28-13+. The van der Waals surface area contributed by atoms with E-state index in [2.05, 4.69) is 15.0 Å². The second-order valence-corrected chi connectivity index (χ2v) is 7.89. The monoisotopic (exact) mass is 429 g/mol. The van der Waals surface area contributed by atoms with E-state index >= 15 is 0 Å². The Balaban J connectivity index is 1.69. The minimum atomic E-state index is -4.89. The lowest BCUT2D eigenvalue weighted by Crippen LogP contribution is -2.48. The number of hydrogen-bond acceptors (Lipinski definition) is 5. The number of aryl methyl sites for hydroxylation is 2. The van der Waals surface area contributed by atoms with Crippen LogP contribution in [0.15, 0.2) is 47.6 Å². The summed E-state index contributed by atoms with van der Waals surface area (Å²) >= 11 is 0. The van der Waals surface area contributed by atoms with Crippen LogP contribution in [0.3, 0.4) is 0 Å². The summed E-state index contributed by atoms with van der Waals surface area (Å²) in [6, 6.07) is 10.4. The number of aliphatic hydroxyl groups is 1. The van der Waals surface area contributed by atoms with Crippen molar-refractivity contribution in [2.24, 2.45) is 4.99 Å². The van der Waals surface area contributed by atoms with Gasteiger partial charge in [0.15, 0.2) is 5.60 Å². The molecule has 0 aliphatic carbocycles. The van der Waals surface area contributed by atoms with E-state index in [1.807, 2.05) is 13.0 Å². The van der Waals surface area contributed by atoms with Crippen LogP contribution in [0.1, 0.15) is 35.7 Å². The molecule has 0 amide bonds. The van der Waals surface area contributed by atoms with Crippen molar-refractivity contribution in [1.82, 2.24) is 9.97 Å². The summed E-state index contributed by atoms with van der Waals surface area (Å²) in [5.74, 6) is 0.606. The third kappa shape index (κ3) is 4.25. The fourth-order valence-electron chi connectivity index (χ4n) is 3.82. The summed E-state index contributed by atoms with van der Waals surface area (Å²) in [6.45, 7) is 3.92. The first-order valence-corrected chi connectivity index (χ1v) is 9.96. The third-order valence-corrected chi connectivity index (χ3v) is 5.52. The molecule has 0 radical (unpaired) electrons. The zero-order chi connectivity index (χ0) is 22.2. The molecule has 0 bridgehead atoms. The van der Waals surface area contributed by atoms with E-state index in [-0.39, 0.29) is 5.69 Å². The second kappa shape index (κ2) is 7.92. The minimum absolute atomic E-state index is 0.267. The van der Waals surface area contributed by atoms with Crippen LogP contribution in [-0.4, -0.2) is 39.7 Å². The number of aromatic nitrogens is 2. The average Bonchev–Trinajstić information content (AvgIpc) is 2.71. The molecule has 2 heterocycles. The quantitative estimate of drug-likeness (QED) is 0.579. The number of hydrogen-bond donors (Lipinski definition) is 1. The highest BCUT2D eigenvalue weighted by atomic mass is 19.4. The van der Waals surface area contributed by atoms with E-state index < -0.39 is 24.1 Å². The number of alkyl halides is 3. The van der Waals surface area contributed by atoms with Gasteiger partial charge in [-0.3, -0.25) is 4.99 Å².